The summed E-state index contributed by atoms with van der Waals surface area (Å²) in [4.78, 5) is 24.2. The van der Waals surface area contributed by atoms with Gasteiger partial charge < -0.3 is 15.3 Å². The van der Waals surface area contributed by atoms with E-state index in [2.05, 4.69) is 5.32 Å². The van der Waals surface area contributed by atoms with Gasteiger partial charge >= 0.3 is 12.0 Å². The van der Waals surface area contributed by atoms with Crippen LogP contribution in [0.1, 0.15) is 23.2 Å². The van der Waals surface area contributed by atoms with Crippen molar-refractivity contribution in [1.82, 2.24) is 4.90 Å². The number of anilines is 1. The summed E-state index contributed by atoms with van der Waals surface area (Å²) < 4.78 is 13.1. The highest BCUT2D eigenvalue weighted by Crippen LogP contribution is 2.26. The van der Waals surface area contributed by atoms with E-state index >= 15 is 0 Å². The first-order chi connectivity index (χ1) is 8.49. The van der Waals surface area contributed by atoms with Gasteiger partial charge in [0.2, 0.25) is 0 Å². The third kappa shape index (κ3) is 2.58. The second kappa shape index (κ2) is 4.64. The Balaban J connectivity index is 2.18. The van der Waals surface area contributed by atoms with Crippen molar-refractivity contribution in [3.63, 3.8) is 0 Å². The molecular weight excluding hydrogens is 239 g/mol. The topological polar surface area (TPSA) is 69.6 Å². The first-order valence-corrected chi connectivity index (χ1v) is 5.55. The lowest BCUT2D eigenvalue weighted by Gasteiger charge is -2.18. The highest BCUT2D eigenvalue weighted by molar-refractivity contribution is 6.00. The van der Waals surface area contributed by atoms with E-state index in [-0.39, 0.29) is 17.3 Å². The molecule has 0 heterocycles. The molecule has 1 aliphatic carbocycles. The van der Waals surface area contributed by atoms with Crippen LogP contribution in [0, 0.1) is 5.82 Å². The van der Waals surface area contributed by atoms with E-state index in [1.807, 2.05) is 0 Å². The molecule has 2 amide bonds. The van der Waals surface area contributed by atoms with Crippen LogP contribution in [0.5, 0.6) is 0 Å². The van der Waals surface area contributed by atoms with Crippen LogP contribution in [-0.2, 0) is 0 Å². The number of carbonyl (C=O) groups is 2. The van der Waals surface area contributed by atoms with Crippen LogP contribution in [0.2, 0.25) is 0 Å². The molecule has 1 aromatic carbocycles. The molecule has 1 saturated carbocycles. The maximum atomic E-state index is 13.1. The number of nitrogens with zero attached hydrogens (tertiary/aromatic N) is 1. The van der Waals surface area contributed by atoms with Crippen molar-refractivity contribution in [3.8, 4) is 0 Å². The molecule has 0 radical (unpaired) electrons. The lowest BCUT2D eigenvalue weighted by atomic mass is 10.2. The molecule has 1 fully saturated rings. The quantitative estimate of drug-likeness (QED) is 0.866. The predicted octanol–water partition coefficient (Wildman–Crippen LogP) is 2.15. The zero-order valence-electron chi connectivity index (χ0n) is 9.81. The van der Waals surface area contributed by atoms with E-state index < -0.39 is 17.8 Å². The molecule has 1 aliphatic rings. The van der Waals surface area contributed by atoms with Crippen molar-refractivity contribution >= 4 is 17.7 Å². The van der Waals surface area contributed by atoms with E-state index in [1.54, 1.807) is 7.05 Å². The number of nitrogens with one attached hydrogen (secondary N) is 1. The van der Waals surface area contributed by atoms with Crippen molar-refractivity contribution in [3.05, 3.63) is 29.6 Å². The molecule has 96 valence electrons. The number of carboxylic acid groups (broad SMARTS) is 1. The lowest BCUT2D eigenvalue weighted by molar-refractivity contribution is 0.0698. The average Bonchev–Trinajstić information content (AvgIpc) is 3.11. The Hall–Kier alpha value is -2.11. The fourth-order valence-electron chi connectivity index (χ4n) is 1.64. The normalized spacial score (nSPS) is 14.1. The van der Waals surface area contributed by atoms with Crippen LogP contribution >= 0.6 is 0 Å². The number of hydrogen-bond donors (Lipinski definition) is 2. The van der Waals surface area contributed by atoms with Crippen LogP contribution in [-0.4, -0.2) is 35.1 Å². The Morgan fingerprint density at radius 2 is 2.11 bits per heavy atom. The third-order valence-electron chi connectivity index (χ3n) is 2.87. The number of halogens is 1. The van der Waals surface area contributed by atoms with Gasteiger partial charge in [0.1, 0.15) is 5.82 Å². The molecule has 0 spiro atoms. The van der Waals surface area contributed by atoms with Gasteiger partial charge in [-0.1, -0.05) is 0 Å². The Bertz CT molecular complexity index is 500. The fourth-order valence-corrected chi connectivity index (χ4v) is 1.64. The van der Waals surface area contributed by atoms with Crippen LogP contribution in [0.25, 0.3) is 0 Å². The third-order valence-corrected chi connectivity index (χ3v) is 2.87. The molecule has 18 heavy (non-hydrogen) atoms. The Morgan fingerprint density at radius 1 is 1.44 bits per heavy atom. The summed E-state index contributed by atoms with van der Waals surface area (Å²) in [5, 5.41) is 11.4. The van der Waals surface area contributed by atoms with Crippen molar-refractivity contribution < 1.29 is 19.1 Å². The summed E-state index contributed by atoms with van der Waals surface area (Å²) >= 11 is 0. The molecule has 0 saturated heterocycles. The van der Waals surface area contributed by atoms with Gasteiger partial charge in [-0.05, 0) is 31.0 Å². The van der Waals surface area contributed by atoms with Gasteiger partial charge in [-0.25, -0.2) is 14.0 Å². The minimum absolute atomic E-state index is 0.0278. The number of rotatable bonds is 3. The summed E-state index contributed by atoms with van der Waals surface area (Å²) in [7, 11) is 1.63. The lowest BCUT2D eigenvalue weighted by Crippen LogP contribution is -2.33. The Kier molecular flexibility index (Phi) is 3.18. The second-order valence-corrected chi connectivity index (χ2v) is 4.27. The van der Waals surface area contributed by atoms with Crippen molar-refractivity contribution in [2.75, 3.05) is 12.4 Å². The number of hydrogen-bond acceptors (Lipinski definition) is 2. The van der Waals surface area contributed by atoms with Gasteiger partial charge in [0.15, 0.2) is 0 Å². The van der Waals surface area contributed by atoms with Crippen LogP contribution < -0.4 is 5.32 Å². The number of urea groups is 1. The predicted molar refractivity (Wildman–Crippen MR) is 63.2 cm³/mol. The number of aromatic carboxylic acids is 1. The van der Waals surface area contributed by atoms with Gasteiger partial charge in [-0.3, -0.25) is 0 Å². The largest absolute Gasteiger partial charge is 0.478 e. The Morgan fingerprint density at radius 3 is 2.67 bits per heavy atom. The first kappa shape index (κ1) is 12.3. The summed E-state index contributed by atoms with van der Waals surface area (Å²) in [6, 6.07) is 2.95. The molecule has 5 nitrogen and oxygen atoms in total. The highest BCUT2D eigenvalue weighted by atomic mass is 19.1. The number of carboxylic acids is 1. The van der Waals surface area contributed by atoms with Crippen LogP contribution in [0.3, 0.4) is 0 Å². The SMILES string of the molecule is CN(C(=O)Nc1cc(F)ccc1C(=O)O)C1CC1. The second-order valence-electron chi connectivity index (χ2n) is 4.27. The van der Waals surface area contributed by atoms with E-state index in [4.69, 9.17) is 5.11 Å². The monoisotopic (exact) mass is 252 g/mol. The van der Waals surface area contributed by atoms with Crippen molar-refractivity contribution in [1.29, 1.82) is 0 Å². The van der Waals surface area contributed by atoms with E-state index in [9.17, 15) is 14.0 Å². The molecule has 6 heteroatoms. The average molecular weight is 252 g/mol. The van der Waals surface area contributed by atoms with E-state index in [1.165, 1.54) is 4.90 Å². The zero-order valence-corrected chi connectivity index (χ0v) is 9.81. The van der Waals surface area contributed by atoms with Gasteiger partial charge in [-0.15, -0.1) is 0 Å². The minimum atomic E-state index is -1.21. The standard InChI is InChI=1S/C12H13FN2O3/c1-15(8-3-4-8)12(18)14-10-6-7(13)2-5-9(10)11(16)17/h2,5-6,8H,3-4H2,1H3,(H,14,18)(H,16,17). The van der Waals surface area contributed by atoms with Gasteiger partial charge in [0, 0.05) is 13.1 Å². The zero-order chi connectivity index (χ0) is 13.3. The number of carbonyl (C=O) groups excluding carboxylic acids is 1. The fraction of sp³-hybridized carbons (Fsp3) is 0.333. The first-order valence-electron chi connectivity index (χ1n) is 5.55. The molecule has 2 rings (SSSR count). The minimum Gasteiger partial charge on any atom is -0.478 e. The van der Waals surface area contributed by atoms with Crippen molar-refractivity contribution in [2.24, 2.45) is 0 Å². The summed E-state index contributed by atoms with van der Waals surface area (Å²) in [5.41, 5.74) is -0.158. The maximum Gasteiger partial charge on any atom is 0.337 e. The van der Waals surface area contributed by atoms with E-state index in [0.29, 0.717) is 0 Å². The summed E-state index contributed by atoms with van der Waals surface area (Å²) in [5.74, 6) is -1.80. The molecule has 0 aliphatic heterocycles. The molecule has 1 aromatic rings. The van der Waals surface area contributed by atoms with Gasteiger partial charge in [-0.2, -0.15) is 0 Å². The molecule has 0 aromatic heterocycles. The Labute approximate surface area is 103 Å². The van der Waals surface area contributed by atoms with Crippen molar-refractivity contribution in [2.45, 2.75) is 18.9 Å². The van der Waals surface area contributed by atoms with Crippen LogP contribution in [0.15, 0.2) is 18.2 Å². The van der Waals surface area contributed by atoms with E-state index in [0.717, 1.165) is 31.0 Å². The molecule has 0 unspecified atom stereocenters. The van der Waals surface area contributed by atoms with Gasteiger partial charge in [0.05, 0.1) is 11.3 Å². The van der Waals surface area contributed by atoms with Gasteiger partial charge in [0.25, 0.3) is 0 Å². The summed E-state index contributed by atoms with van der Waals surface area (Å²) in [6.45, 7) is 0. The smallest absolute Gasteiger partial charge is 0.337 e. The number of amides is 2. The maximum absolute atomic E-state index is 13.1. The molecule has 0 bridgehead atoms. The van der Waals surface area contributed by atoms with Crippen LogP contribution in [0.4, 0.5) is 14.9 Å². The summed E-state index contributed by atoms with van der Waals surface area (Å²) in [6.07, 6.45) is 1.89. The molecule has 0 atom stereocenters. The highest BCUT2D eigenvalue weighted by Gasteiger charge is 2.30. The number of benzene rings is 1. The molecule has 2 N–H and O–H groups in total. The molecular formula is C12H13FN2O3.